The number of aromatic carboxylic acids is 1. The van der Waals surface area contributed by atoms with Gasteiger partial charge in [-0.25, -0.2) is 13.6 Å². The van der Waals surface area contributed by atoms with Crippen molar-refractivity contribution in [2.24, 2.45) is 0 Å². The SMILES string of the molecule is O=C(Oc1c(Br)cc(Br)cc1Br)c1ccc(F)c(F)c1C(=O)[O-]. The number of benzene rings is 2. The van der Waals surface area contributed by atoms with Crippen molar-refractivity contribution in [1.82, 2.24) is 0 Å². The Labute approximate surface area is 153 Å². The first-order valence-electron chi connectivity index (χ1n) is 5.78. The van der Waals surface area contributed by atoms with Crippen molar-refractivity contribution >= 4 is 59.7 Å². The predicted octanol–water partition coefficient (Wildman–Crippen LogP) is 3.84. The molecular formula is C14H4Br3F2O4-. The van der Waals surface area contributed by atoms with Crippen molar-refractivity contribution in [2.45, 2.75) is 0 Å². The molecule has 4 nitrogen and oxygen atoms in total. The molecule has 0 saturated heterocycles. The van der Waals surface area contributed by atoms with E-state index < -0.39 is 34.7 Å². The molecule has 0 spiro atoms. The number of hydrogen-bond donors (Lipinski definition) is 0. The number of ether oxygens (including phenoxy) is 1. The van der Waals surface area contributed by atoms with Gasteiger partial charge in [-0.05, 0) is 56.1 Å². The molecule has 120 valence electrons. The number of carboxylic acids is 1. The Morgan fingerprint density at radius 1 is 1.04 bits per heavy atom. The summed E-state index contributed by atoms with van der Waals surface area (Å²) in [5, 5.41) is 11.0. The van der Waals surface area contributed by atoms with Crippen LogP contribution in [0.1, 0.15) is 20.7 Å². The van der Waals surface area contributed by atoms with Crippen LogP contribution in [0.25, 0.3) is 0 Å². The lowest BCUT2D eigenvalue weighted by Gasteiger charge is -2.13. The fourth-order valence-electron chi connectivity index (χ4n) is 1.69. The molecule has 0 aliphatic carbocycles. The highest BCUT2D eigenvalue weighted by molar-refractivity contribution is 9.11. The topological polar surface area (TPSA) is 66.4 Å². The highest BCUT2D eigenvalue weighted by Crippen LogP contribution is 2.37. The van der Waals surface area contributed by atoms with Gasteiger partial charge in [-0.3, -0.25) is 0 Å². The summed E-state index contributed by atoms with van der Waals surface area (Å²) in [4.78, 5) is 23.1. The molecule has 0 aliphatic heterocycles. The van der Waals surface area contributed by atoms with Crippen LogP contribution in [-0.4, -0.2) is 11.9 Å². The zero-order valence-corrected chi connectivity index (χ0v) is 15.6. The molecule has 0 heterocycles. The summed E-state index contributed by atoms with van der Waals surface area (Å²) in [5.74, 6) is -6.25. The fraction of sp³-hybridized carbons (Fsp3) is 0. The second kappa shape index (κ2) is 7.06. The minimum absolute atomic E-state index is 0.0484. The quantitative estimate of drug-likeness (QED) is 0.462. The first-order valence-corrected chi connectivity index (χ1v) is 8.16. The van der Waals surface area contributed by atoms with E-state index in [1.807, 2.05) is 0 Å². The van der Waals surface area contributed by atoms with Crippen molar-refractivity contribution in [3.8, 4) is 5.75 Å². The van der Waals surface area contributed by atoms with Gasteiger partial charge < -0.3 is 14.6 Å². The Bertz CT molecular complexity index is 801. The van der Waals surface area contributed by atoms with Crippen molar-refractivity contribution in [1.29, 1.82) is 0 Å². The van der Waals surface area contributed by atoms with Gasteiger partial charge in [0, 0.05) is 4.47 Å². The molecular weight excluding hydrogens is 510 g/mol. The molecule has 2 rings (SSSR count). The molecule has 0 unspecified atom stereocenters. The molecule has 2 aromatic carbocycles. The van der Waals surface area contributed by atoms with Crippen LogP contribution >= 0.6 is 47.8 Å². The van der Waals surface area contributed by atoms with Gasteiger partial charge in [0.1, 0.15) is 0 Å². The number of rotatable bonds is 3. The van der Waals surface area contributed by atoms with Crippen LogP contribution in [0.5, 0.6) is 5.75 Å². The highest BCUT2D eigenvalue weighted by Gasteiger charge is 2.22. The normalized spacial score (nSPS) is 10.5. The van der Waals surface area contributed by atoms with Gasteiger partial charge in [-0.15, -0.1) is 0 Å². The van der Waals surface area contributed by atoms with E-state index in [0.29, 0.717) is 19.5 Å². The smallest absolute Gasteiger partial charge is 0.344 e. The van der Waals surface area contributed by atoms with Crippen molar-refractivity contribution in [3.63, 3.8) is 0 Å². The molecule has 0 bridgehead atoms. The zero-order valence-electron chi connectivity index (χ0n) is 10.8. The van der Waals surface area contributed by atoms with E-state index in [0.717, 1.165) is 6.07 Å². The molecule has 0 saturated carbocycles. The van der Waals surface area contributed by atoms with Crippen molar-refractivity contribution < 1.29 is 28.2 Å². The maximum Gasteiger partial charge on any atom is 0.344 e. The molecule has 0 aromatic heterocycles. The molecule has 0 N–H and O–H groups in total. The number of esters is 1. The third kappa shape index (κ3) is 3.78. The van der Waals surface area contributed by atoms with Crippen LogP contribution in [0.3, 0.4) is 0 Å². The summed E-state index contributed by atoms with van der Waals surface area (Å²) in [6.45, 7) is 0. The van der Waals surface area contributed by atoms with Crippen LogP contribution in [0.4, 0.5) is 8.78 Å². The lowest BCUT2D eigenvalue weighted by molar-refractivity contribution is -0.255. The second-order valence-electron chi connectivity index (χ2n) is 4.16. The first kappa shape index (κ1) is 18.0. The van der Waals surface area contributed by atoms with Gasteiger partial charge in [-0.2, -0.15) is 0 Å². The molecule has 0 fully saturated rings. The lowest BCUT2D eigenvalue weighted by atomic mass is 10.1. The maximum absolute atomic E-state index is 13.6. The molecule has 0 atom stereocenters. The number of carbonyl (C=O) groups is 2. The Balaban J connectivity index is 2.47. The van der Waals surface area contributed by atoms with Crippen molar-refractivity contribution in [2.75, 3.05) is 0 Å². The Hall–Kier alpha value is -1.32. The van der Waals surface area contributed by atoms with Gasteiger partial charge in [0.2, 0.25) is 0 Å². The molecule has 2 aromatic rings. The van der Waals surface area contributed by atoms with E-state index in [1.165, 1.54) is 0 Å². The van der Waals surface area contributed by atoms with Crippen LogP contribution in [0.15, 0.2) is 37.7 Å². The number of halogens is 5. The number of hydrogen-bond acceptors (Lipinski definition) is 4. The third-order valence-electron chi connectivity index (χ3n) is 2.68. The molecule has 0 radical (unpaired) electrons. The standard InChI is InChI=1S/C14H5Br3F2O4/c15-5-3-7(16)12(8(17)4-5)23-14(22)6-1-2-9(18)11(19)10(6)13(20)21/h1-4H,(H,20,21)/p-1. The Morgan fingerprint density at radius 2 is 1.61 bits per heavy atom. The van der Waals surface area contributed by atoms with Crippen LogP contribution < -0.4 is 9.84 Å². The summed E-state index contributed by atoms with van der Waals surface area (Å²) < 4.78 is 33.2. The lowest BCUT2D eigenvalue weighted by Crippen LogP contribution is -2.28. The zero-order chi connectivity index (χ0) is 17.3. The fourth-order valence-corrected chi connectivity index (χ4v) is 4.11. The Morgan fingerprint density at radius 3 is 2.13 bits per heavy atom. The predicted molar refractivity (Wildman–Crippen MR) is 85.2 cm³/mol. The number of carboxylic acid groups (broad SMARTS) is 1. The summed E-state index contributed by atoms with van der Waals surface area (Å²) in [5.41, 5.74) is -1.86. The van der Waals surface area contributed by atoms with Gasteiger partial charge in [0.05, 0.1) is 26.0 Å². The number of carbonyl (C=O) groups excluding carboxylic acids is 2. The van der Waals surface area contributed by atoms with Crippen LogP contribution in [-0.2, 0) is 0 Å². The largest absolute Gasteiger partial charge is 0.545 e. The summed E-state index contributed by atoms with van der Waals surface area (Å²) in [6.07, 6.45) is 0. The minimum Gasteiger partial charge on any atom is -0.545 e. The summed E-state index contributed by atoms with van der Waals surface area (Å²) in [7, 11) is 0. The molecule has 9 heteroatoms. The maximum atomic E-state index is 13.6. The van der Waals surface area contributed by atoms with E-state index in [-0.39, 0.29) is 5.75 Å². The van der Waals surface area contributed by atoms with E-state index in [4.69, 9.17) is 4.74 Å². The monoisotopic (exact) mass is 511 g/mol. The van der Waals surface area contributed by atoms with Gasteiger partial charge in [0.25, 0.3) is 0 Å². The summed E-state index contributed by atoms with van der Waals surface area (Å²) in [6, 6.07) is 4.60. The van der Waals surface area contributed by atoms with E-state index in [1.54, 1.807) is 12.1 Å². The van der Waals surface area contributed by atoms with Gasteiger partial charge >= 0.3 is 5.97 Å². The third-order valence-corrected chi connectivity index (χ3v) is 4.31. The van der Waals surface area contributed by atoms with Crippen LogP contribution in [0, 0.1) is 11.6 Å². The van der Waals surface area contributed by atoms with E-state index in [2.05, 4.69) is 47.8 Å². The first-order chi connectivity index (χ1) is 10.7. The minimum atomic E-state index is -2.03. The van der Waals surface area contributed by atoms with E-state index >= 15 is 0 Å². The summed E-state index contributed by atoms with van der Waals surface area (Å²) >= 11 is 9.57. The molecule has 0 aliphatic rings. The molecule has 23 heavy (non-hydrogen) atoms. The van der Waals surface area contributed by atoms with Gasteiger partial charge in [-0.1, -0.05) is 15.9 Å². The second-order valence-corrected chi connectivity index (χ2v) is 6.78. The Kier molecular flexibility index (Phi) is 5.53. The molecule has 0 amide bonds. The van der Waals surface area contributed by atoms with Gasteiger partial charge in [0.15, 0.2) is 17.4 Å². The highest BCUT2D eigenvalue weighted by atomic mass is 79.9. The average Bonchev–Trinajstić information content (AvgIpc) is 2.44. The average molecular weight is 514 g/mol. The van der Waals surface area contributed by atoms with Crippen LogP contribution in [0.2, 0.25) is 0 Å². The van der Waals surface area contributed by atoms with Crippen molar-refractivity contribution in [3.05, 3.63) is 60.4 Å². The van der Waals surface area contributed by atoms with E-state index in [9.17, 15) is 23.5 Å².